The maximum atomic E-state index is 11.7. The number of carboxylic acids is 1. The Morgan fingerprint density at radius 1 is 1.10 bits per heavy atom. The van der Waals surface area contributed by atoms with E-state index in [1.807, 2.05) is 0 Å². The van der Waals surface area contributed by atoms with Gasteiger partial charge in [-0.1, -0.05) is 32.1 Å². The van der Waals surface area contributed by atoms with Crippen LogP contribution in [0.1, 0.15) is 64.2 Å². The number of hydrogen-bond acceptors (Lipinski definition) is 2. The minimum Gasteiger partial charge on any atom is -0.481 e. The number of carbonyl (C=O) groups excluding carboxylic acids is 1. The molecule has 2 aliphatic carbocycles. The highest BCUT2D eigenvalue weighted by molar-refractivity contribution is 5.74. The summed E-state index contributed by atoms with van der Waals surface area (Å²) in [6.07, 6.45) is 10.7. The van der Waals surface area contributed by atoms with Gasteiger partial charge in [0.05, 0.1) is 6.42 Å². The van der Waals surface area contributed by atoms with Gasteiger partial charge in [0.2, 0.25) is 0 Å². The number of urea groups is 1. The van der Waals surface area contributed by atoms with Gasteiger partial charge in [-0.3, -0.25) is 4.79 Å². The molecule has 2 saturated carbocycles. The predicted octanol–water partition coefficient (Wildman–Crippen LogP) is 2.90. The van der Waals surface area contributed by atoms with E-state index in [0.29, 0.717) is 13.1 Å². The second-order valence-electron chi connectivity index (χ2n) is 6.83. The van der Waals surface area contributed by atoms with Crippen LogP contribution in [0.4, 0.5) is 4.79 Å². The summed E-state index contributed by atoms with van der Waals surface area (Å²) in [6.45, 7) is 1.20. The Labute approximate surface area is 126 Å². The first-order valence-electron chi connectivity index (χ1n) is 8.33. The third-order valence-corrected chi connectivity index (χ3v) is 5.11. The van der Waals surface area contributed by atoms with Gasteiger partial charge in [0.15, 0.2) is 0 Å². The topological polar surface area (TPSA) is 78.4 Å². The molecular weight excluding hydrogens is 268 g/mol. The summed E-state index contributed by atoms with van der Waals surface area (Å²) in [7, 11) is 0. The second kappa shape index (κ2) is 7.66. The van der Waals surface area contributed by atoms with Gasteiger partial charge in [-0.25, -0.2) is 4.79 Å². The van der Waals surface area contributed by atoms with Crippen LogP contribution in [0.2, 0.25) is 0 Å². The maximum Gasteiger partial charge on any atom is 0.314 e. The number of rotatable bonds is 8. The lowest BCUT2D eigenvalue weighted by atomic mass is 9.66. The fourth-order valence-corrected chi connectivity index (χ4v) is 3.64. The van der Waals surface area contributed by atoms with Crippen LogP contribution in [-0.4, -0.2) is 30.2 Å². The molecule has 0 saturated heterocycles. The van der Waals surface area contributed by atoms with E-state index in [4.69, 9.17) is 5.11 Å². The summed E-state index contributed by atoms with van der Waals surface area (Å²) in [4.78, 5) is 22.6. The Hall–Kier alpha value is -1.26. The van der Waals surface area contributed by atoms with Gasteiger partial charge in [0, 0.05) is 13.1 Å². The number of carboxylic acid groups (broad SMARTS) is 1. The predicted molar refractivity (Wildman–Crippen MR) is 81.1 cm³/mol. The molecule has 0 unspecified atom stereocenters. The second-order valence-corrected chi connectivity index (χ2v) is 6.83. The van der Waals surface area contributed by atoms with Gasteiger partial charge in [-0.15, -0.1) is 0 Å². The van der Waals surface area contributed by atoms with Crippen LogP contribution in [0.3, 0.4) is 0 Å². The number of nitrogens with one attached hydrogen (secondary N) is 2. The Balaban J connectivity index is 1.55. The standard InChI is InChI=1S/C16H28N2O3/c19-14(20)11-16(8-4-9-16)12-18-15(21)17-10-3-7-13-5-1-2-6-13/h13H,1-12H2,(H,19,20)(H2,17,18,21). The Morgan fingerprint density at radius 2 is 1.81 bits per heavy atom. The number of amides is 2. The molecule has 0 bridgehead atoms. The molecule has 2 rings (SSSR count). The monoisotopic (exact) mass is 296 g/mol. The van der Waals surface area contributed by atoms with Gasteiger partial charge in [-0.05, 0) is 37.0 Å². The first kappa shape index (κ1) is 16.1. The van der Waals surface area contributed by atoms with E-state index >= 15 is 0 Å². The fraction of sp³-hybridized carbons (Fsp3) is 0.875. The molecule has 0 aromatic rings. The molecule has 0 radical (unpaired) electrons. The van der Waals surface area contributed by atoms with Gasteiger partial charge in [-0.2, -0.15) is 0 Å². The number of hydrogen-bond donors (Lipinski definition) is 3. The van der Waals surface area contributed by atoms with E-state index in [1.165, 1.54) is 32.1 Å². The van der Waals surface area contributed by atoms with E-state index in [-0.39, 0.29) is 17.9 Å². The quantitative estimate of drug-likeness (QED) is 0.603. The summed E-state index contributed by atoms with van der Waals surface area (Å²) < 4.78 is 0. The van der Waals surface area contributed by atoms with Crippen molar-refractivity contribution in [2.45, 2.75) is 64.2 Å². The average molecular weight is 296 g/mol. The largest absolute Gasteiger partial charge is 0.481 e. The lowest BCUT2D eigenvalue weighted by Crippen LogP contribution is -2.46. The SMILES string of the molecule is O=C(O)CC1(CNC(=O)NCCCC2CCCC2)CCC1. The molecule has 0 aromatic carbocycles. The zero-order chi connectivity index (χ0) is 15.1. The highest BCUT2D eigenvalue weighted by Gasteiger charge is 2.39. The fourth-order valence-electron chi connectivity index (χ4n) is 3.64. The summed E-state index contributed by atoms with van der Waals surface area (Å²) >= 11 is 0. The van der Waals surface area contributed by atoms with Crippen LogP contribution < -0.4 is 10.6 Å². The first-order valence-corrected chi connectivity index (χ1v) is 8.33. The van der Waals surface area contributed by atoms with Gasteiger partial charge in [0.1, 0.15) is 0 Å². The zero-order valence-corrected chi connectivity index (χ0v) is 12.8. The van der Waals surface area contributed by atoms with Gasteiger partial charge >= 0.3 is 12.0 Å². The molecule has 3 N–H and O–H groups in total. The molecule has 0 heterocycles. The van der Waals surface area contributed by atoms with Crippen LogP contribution in [0, 0.1) is 11.3 Å². The molecule has 2 fully saturated rings. The van der Waals surface area contributed by atoms with Crippen LogP contribution in [0.5, 0.6) is 0 Å². The van der Waals surface area contributed by atoms with Crippen LogP contribution >= 0.6 is 0 Å². The summed E-state index contributed by atoms with van der Waals surface area (Å²) in [6, 6.07) is -0.155. The van der Waals surface area contributed by atoms with Crippen molar-refractivity contribution in [2.75, 3.05) is 13.1 Å². The van der Waals surface area contributed by atoms with Crippen molar-refractivity contribution in [1.29, 1.82) is 0 Å². The van der Waals surface area contributed by atoms with Crippen LogP contribution in [0.15, 0.2) is 0 Å². The van der Waals surface area contributed by atoms with Crippen molar-refractivity contribution in [2.24, 2.45) is 11.3 Å². The van der Waals surface area contributed by atoms with Crippen molar-refractivity contribution in [3.63, 3.8) is 0 Å². The molecule has 2 amide bonds. The molecule has 0 atom stereocenters. The van der Waals surface area contributed by atoms with Crippen molar-refractivity contribution >= 4 is 12.0 Å². The van der Waals surface area contributed by atoms with Crippen LogP contribution in [-0.2, 0) is 4.79 Å². The molecular formula is C16H28N2O3. The molecule has 0 aliphatic heterocycles. The third kappa shape index (κ3) is 5.21. The minimum atomic E-state index is -0.770. The summed E-state index contributed by atoms with van der Waals surface area (Å²) in [5, 5.41) is 14.7. The number of aliphatic carboxylic acids is 1. The van der Waals surface area contributed by atoms with Crippen molar-refractivity contribution in [3.05, 3.63) is 0 Å². The molecule has 2 aliphatic rings. The summed E-state index contributed by atoms with van der Waals surface area (Å²) in [5.74, 6) is 0.0946. The van der Waals surface area contributed by atoms with Crippen molar-refractivity contribution < 1.29 is 14.7 Å². The van der Waals surface area contributed by atoms with E-state index in [0.717, 1.165) is 31.6 Å². The van der Waals surface area contributed by atoms with E-state index in [1.54, 1.807) is 0 Å². The van der Waals surface area contributed by atoms with Gasteiger partial charge in [0.25, 0.3) is 0 Å². The Kier molecular flexibility index (Phi) is 5.88. The van der Waals surface area contributed by atoms with Crippen LogP contribution in [0.25, 0.3) is 0 Å². The summed E-state index contributed by atoms with van der Waals surface area (Å²) in [5.41, 5.74) is -0.201. The van der Waals surface area contributed by atoms with E-state index in [2.05, 4.69) is 10.6 Å². The van der Waals surface area contributed by atoms with E-state index < -0.39 is 5.97 Å². The maximum absolute atomic E-state index is 11.7. The van der Waals surface area contributed by atoms with Crippen molar-refractivity contribution in [1.82, 2.24) is 10.6 Å². The molecule has 0 aromatic heterocycles. The van der Waals surface area contributed by atoms with Gasteiger partial charge < -0.3 is 15.7 Å². The lowest BCUT2D eigenvalue weighted by molar-refractivity contribution is -0.141. The smallest absolute Gasteiger partial charge is 0.314 e. The normalized spacial score (nSPS) is 20.8. The van der Waals surface area contributed by atoms with Crippen molar-refractivity contribution in [3.8, 4) is 0 Å². The zero-order valence-electron chi connectivity index (χ0n) is 12.8. The molecule has 5 nitrogen and oxygen atoms in total. The highest BCUT2D eigenvalue weighted by atomic mass is 16.4. The molecule has 0 spiro atoms. The molecule has 21 heavy (non-hydrogen) atoms. The Bertz CT molecular complexity index is 361. The van der Waals surface area contributed by atoms with E-state index in [9.17, 15) is 9.59 Å². The highest BCUT2D eigenvalue weighted by Crippen LogP contribution is 2.43. The molecule has 5 heteroatoms. The number of carbonyl (C=O) groups is 2. The first-order chi connectivity index (χ1) is 10.1. The Morgan fingerprint density at radius 3 is 2.38 bits per heavy atom. The average Bonchev–Trinajstić information content (AvgIpc) is 2.90. The molecule has 120 valence electrons. The third-order valence-electron chi connectivity index (χ3n) is 5.11. The lowest BCUT2D eigenvalue weighted by Gasteiger charge is -2.40. The minimum absolute atomic E-state index is 0.155.